The Morgan fingerprint density at radius 2 is 1.72 bits per heavy atom. The van der Waals surface area contributed by atoms with Crippen LogP contribution in [0.3, 0.4) is 0 Å². The number of nitrogens with one attached hydrogen (secondary N) is 3. The molecule has 2 unspecified atom stereocenters. The number of phenolic OH excluding ortho intramolecular Hbond substituents is 1. The number of aromatic hydroxyl groups is 1. The van der Waals surface area contributed by atoms with Gasteiger partial charge in [-0.15, -0.1) is 0 Å². The SMILES string of the molecule is COC(=O)c1nc(C(NC(=O)C(Cc2ccc(O)cc2)NC(=O)OCc2ccccc2)C(C)C)oc1-c1c[nH]c2c(Br)cccc12. The van der Waals surface area contributed by atoms with Gasteiger partial charge in [-0.2, -0.15) is 0 Å². The predicted octanol–water partition coefficient (Wildman–Crippen LogP) is 6.43. The molecule has 12 heteroatoms. The number of rotatable bonds is 11. The van der Waals surface area contributed by atoms with Gasteiger partial charge in [0.15, 0.2) is 11.5 Å². The van der Waals surface area contributed by atoms with E-state index < -0.39 is 30.1 Å². The molecule has 11 nitrogen and oxygen atoms in total. The van der Waals surface area contributed by atoms with Gasteiger partial charge >= 0.3 is 12.1 Å². The van der Waals surface area contributed by atoms with Gasteiger partial charge in [-0.25, -0.2) is 14.6 Å². The molecule has 5 rings (SSSR count). The molecule has 4 N–H and O–H groups in total. The number of nitrogens with zero attached hydrogens (tertiary/aromatic N) is 1. The Bertz CT molecular complexity index is 1830. The third-order valence-corrected chi connectivity index (χ3v) is 8.02. The van der Waals surface area contributed by atoms with Crippen molar-refractivity contribution in [2.75, 3.05) is 7.11 Å². The molecule has 238 valence electrons. The van der Waals surface area contributed by atoms with Crippen LogP contribution in [0.5, 0.6) is 5.75 Å². The van der Waals surface area contributed by atoms with E-state index in [0.717, 1.165) is 20.9 Å². The average Bonchev–Trinajstić information content (AvgIpc) is 3.68. The molecule has 0 aliphatic heterocycles. The fraction of sp³-hybridized carbons (Fsp3) is 0.235. The number of methoxy groups -OCH3 is 1. The number of phenols is 1. The quantitative estimate of drug-likeness (QED) is 0.116. The zero-order valence-electron chi connectivity index (χ0n) is 25.4. The van der Waals surface area contributed by atoms with Crippen LogP contribution in [0.15, 0.2) is 87.9 Å². The normalized spacial score (nSPS) is 12.5. The number of ether oxygens (including phenoxy) is 2. The van der Waals surface area contributed by atoms with Crippen LogP contribution in [-0.2, 0) is 27.3 Å². The first kappa shape index (κ1) is 32.3. The number of hydrogen-bond donors (Lipinski definition) is 4. The summed E-state index contributed by atoms with van der Waals surface area (Å²) in [5, 5.41) is 16.1. The Balaban J connectivity index is 1.43. The highest BCUT2D eigenvalue weighted by molar-refractivity contribution is 9.10. The van der Waals surface area contributed by atoms with Crippen molar-refractivity contribution >= 4 is 44.8 Å². The smallest absolute Gasteiger partial charge is 0.408 e. The van der Waals surface area contributed by atoms with Gasteiger partial charge in [-0.1, -0.05) is 68.4 Å². The number of benzene rings is 3. The number of fused-ring (bicyclic) bond motifs is 1. The molecule has 0 spiro atoms. The molecule has 0 saturated heterocycles. The minimum atomic E-state index is -1.06. The van der Waals surface area contributed by atoms with E-state index in [0.29, 0.717) is 11.1 Å². The number of hydrogen-bond acceptors (Lipinski definition) is 8. The lowest BCUT2D eigenvalue weighted by molar-refractivity contribution is -0.124. The summed E-state index contributed by atoms with van der Waals surface area (Å²) < 4.78 is 17.5. The lowest BCUT2D eigenvalue weighted by atomic mass is 10.0. The van der Waals surface area contributed by atoms with E-state index in [1.54, 1.807) is 18.3 Å². The van der Waals surface area contributed by atoms with Crippen LogP contribution in [0.2, 0.25) is 0 Å². The number of oxazole rings is 1. The molecule has 2 aromatic heterocycles. The van der Waals surface area contributed by atoms with E-state index in [9.17, 15) is 19.5 Å². The summed E-state index contributed by atoms with van der Waals surface area (Å²) in [5.74, 6) is -1.11. The number of aromatic nitrogens is 2. The second kappa shape index (κ2) is 14.3. The minimum absolute atomic E-state index is 0.0225. The molecule has 0 fully saturated rings. The highest BCUT2D eigenvalue weighted by Crippen LogP contribution is 2.36. The Morgan fingerprint density at radius 3 is 2.41 bits per heavy atom. The molecule has 5 aromatic rings. The third kappa shape index (κ3) is 7.40. The highest BCUT2D eigenvalue weighted by atomic mass is 79.9. The van der Waals surface area contributed by atoms with Gasteiger partial charge in [0, 0.05) is 28.0 Å². The number of aromatic amines is 1. The maximum Gasteiger partial charge on any atom is 0.408 e. The second-order valence-corrected chi connectivity index (χ2v) is 11.8. The van der Waals surface area contributed by atoms with Gasteiger partial charge in [0.05, 0.1) is 12.6 Å². The van der Waals surface area contributed by atoms with E-state index in [4.69, 9.17) is 13.9 Å². The number of esters is 1. The summed E-state index contributed by atoms with van der Waals surface area (Å²) in [7, 11) is 1.25. The zero-order chi connectivity index (χ0) is 32.8. The number of amides is 2. The summed E-state index contributed by atoms with van der Waals surface area (Å²) >= 11 is 3.53. The van der Waals surface area contributed by atoms with Crippen LogP contribution in [-0.4, -0.2) is 46.2 Å². The number of carbonyl (C=O) groups is 3. The maximum absolute atomic E-state index is 13.8. The lowest BCUT2D eigenvalue weighted by Crippen LogP contribution is -2.49. The summed E-state index contributed by atoms with van der Waals surface area (Å²) in [6.45, 7) is 3.76. The topological polar surface area (TPSA) is 156 Å². The molecule has 0 aliphatic rings. The Hall–Kier alpha value is -5.10. The first-order valence-electron chi connectivity index (χ1n) is 14.5. The van der Waals surface area contributed by atoms with Crippen molar-refractivity contribution in [1.29, 1.82) is 0 Å². The van der Waals surface area contributed by atoms with E-state index in [-0.39, 0.29) is 42.0 Å². The summed E-state index contributed by atoms with van der Waals surface area (Å²) in [5.41, 5.74) is 2.85. The van der Waals surface area contributed by atoms with E-state index in [2.05, 4.69) is 36.5 Å². The first-order valence-corrected chi connectivity index (χ1v) is 15.3. The van der Waals surface area contributed by atoms with Crippen LogP contribution in [0.25, 0.3) is 22.2 Å². The van der Waals surface area contributed by atoms with Gasteiger partial charge in [0.25, 0.3) is 0 Å². The van der Waals surface area contributed by atoms with Gasteiger partial charge in [0.1, 0.15) is 24.4 Å². The number of para-hydroxylation sites is 1. The van der Waals surface area contributed by atoms with Crippen LogP contribution in [0, 0.1) is 5.92 Å². The van der Waals surface area contributed by atoms with Gasteiger partial charge in [-0.05, 0) is 51.2 Å². The fourth-order valence-corrected chi connectivity index (χ4v) is 5.42. The van der Waals surface area contributed by atoms with Gasteiger partial charge in [0.2, 0.25) is 11.8 Å². The number of halogens is 1. The molecule has 0 radical (unpaired) electrons. The van der Waals surface area contributed by atoms with E-state index >= 15 is 0 Å². The number of carbonyl (C=O) groups excluding carboxylic acids is 3. The zero-order valence-corrected chi connectivity index (χ0v) is 27.0. The molecule has 0 saturated carbocycles. The first-order chi connectivity index (χ1) is 22.1. The van der Waals surface area contributed by atoms with Crippen molar-refractivity contribution in [3.63, 3.8) is 0 Å². The van der Waals surface area contributed by atoms with E-state index in [1.165, 1.54) is 19.2 Å². The molecule has 2 atom stereocenters. The number of H-pyrrole nitrogens is 1. The highest BCUT2D eigenvalue weighted by Gasteiger charge is 2.32. The van der Waals surface area contributed by atoms with Crippen molar-refractivity contribution in [1.82, 2.24) is 20.6 Å². The summed E-state index contributed by atoms with van der Waals surface area (Å²) in [6.07, 6.45) is 1.04. The van der Waals surface area contributed by atoms with Crippen LogP contribution >= 0.6 is 15.9 Å². The lowest BCUT2D eigenvalue weighted by Gasteiger charge is -2.24. The number of alkyl carbamates (subject to hydrolysis) is 1. The molecule has 2 amide bonds. The van der Waals surface area contributed by atoms with Crippen LogP contribution in [0.4, 0.5) is 4.79 Å². The predicted molar refractivity (Wildman–Crippen MR) is 174 cm³/mol. The summed E-state index contributed by atoms with van der Waals surface area (Å²) in [4.78, 5) is 47.2. The Labute approximate surface area is 273 Å². The molecule has 3 aromatic carbocycles. The minimum Gasteiger partial charge on any atom is -0.508 e. The van der Waals surface area contributed by atoms with Crippen molar-refractivity contribution in [3.05, 3.63) is 106 Å². The Morgan fingerprint density at radius 1 is 0.978 bits per heavy atom. The molecular formula is C34H33BrN4O7. The molecule has 0 aliphatic carbocycles. The molecule has 2 heterocycles. The molecular weight excluding hydrogens is 656 g/mol. The van der Waals surface area contributed by atoms with Crippen molar-refractivity contribution < 1.29 is 33.4 Å². The average molecular weight is 690 g/mol. The third-order valence-electron chi connectivity index (χ3n) is 7.36. The molecule has 0 bridgehead atoms. The van der Waals surface area contributed by atoms with Crippen LogP contribution in [0.1, 0.15) is 47.4 Å². The van der Waals surface area contributed by atoms with E-state index in [1.807, 2.05) is 62.4 Å². The second-order valence-electron chi connectivity index (χ2n) is 10.9. The largest absolute Gasteiger partial charge is 0.508 e. The fourth-order valence-electron chi connectivity index (χ4n) is 4.94. The summed E-state index contributed by atoms with van der Waals surface area (Å²) in [6, 6.07) is 19.3. The monoisotopic (exact) mass is 688 g/mol. The van der Waals surface area contributed by atoms with Crippen molar-refractivity contribution in [2.45, 2.75) is 39.0 Å². The van der Waals surface area contributed by atoms with Crippen LogP contribution < -0.4 is 10.6 Å². The standard InChI is InChI=1S/C34H33BrN4O7/c1-19(2)27(32-39-29(33(42)44-3)30(46-32)24-17-36-28-23(24)10-7-11-25(28)35)38-31(41)26(16-20-12-14-22(40)15-13-20)37-34(43)45-18-21-8-5-4-6-9-21/h4-15,17,19,26-27,36,40H,16,18H2,1-3H3,(H,37,43)(H,38,41). The van der Waals surface area contributed by atoms with Crippen molar-refractivity contribution in [2.24, 2.45) is 5.92 Å². The Kier molecular flexibility index (Phi) is 10.1. The van der Waals surface area contributed by atoms with Gasteiger partial charge in [-0.3, -0.25) is 4.79 Å². The van der Waals surface area contributed by atoms with Crippen molar-refractivity contribution in [3.8, 4) is 17.1 Å². The maximum atomic E-state index is 13.8. The van der Waals surface area contributed by atoms with Gasteiger partial charge < -0.3 is 34.6 Å². The molecule has 46 heavy (non-hydrogen) atoms.